The van der Waals surface area contributed by atoms with Crippen molar-refractivity contribution in [3.8, 4) is 0 Å². The summed E-state index contributed by atoms with van der Waals surface area (Å²) in [5, 5.41) is 12.2. The van der Waals surface area contributed by atoms with Crippen molar-refractivity contribution < 1.29 is 9.90 Å². The van der Waals surface area contributed by atoms with E-state index in [2.05, 4.69) is 17.2 Å². The van der Waals surface area contributed by atoms with E-state index in [1.807, 2.05) is 32.0 Å². The lowest BCUT2D eigenvalue weighted by Crippen LogP contribution is -2.10. The number of aryl methyl sites for hydroxylation is 1. The first-order chi connectivity index (χ1) is 9.49. The molecule has 0 radical (unpaired) electrons. The number of pyridine rings is 1. The third-order valence-corrected chi connectivity index (χ3v) is 3.49. The minimum Gasteiger partial charge on any atom is -0.478 e. The second kappa shape index (κ2) is 5.74. The Bertz CT molecular complexity index is 621. The molecule has 1 unspecified atom stereocenters. The van der Waals surface area contributed by atoms with E-state index in [1.165, 1.54) is 5.56 Å². The number of nitrogens with one attached hydrogen (secondary N) is 1. The van der Waals surface area contributed by atoms with Gasteiger partial charge in [-0.2, -0.15) is 0 Å². The summed E-state index contributed by atoms with van der Waals surface area (Å²) in [5.41, 5.74) is 3.64. The molecule has 2 N–H and O–H groups in total. The van der Waals surface area contributed by atoms with E-state index in [0.717, 1.165) is 16.9 Å². The monoisotopic (exact) mass is 270 g/mol. The Balaban J connectivity index is 2.17. The van der Waals surface area contributed by atoms with Crippen LogP contribution in [-0.4, -0.2) is 16.1 Å². The molecule has 0 spiro atoms. The highest BCUT2D eigenvalue weighted by Gasteiger charge is 2.10. The summed E-state index contributed by atoms with van der Waals surface area (Å²) in [5.74, 6) is -0.0480. The normalized spacial score (nSPS) is 11.9. The number of hydrogen-bond donors (Lipinski definition) is 2. The molecule has 1 aromatic carbocycles. The van der Waals surface area contributed by atoms with Gasteiger partial charge < -0.3 is 10.4 Å². The zero-order valence-corrected chi connectivity index (χ0v) is 11.8. The highest BCUT2D eigenvalue weighted by molar-refractivity contribution is 5.87. The van der Waals surface area contributed by atoms with Gasteiger partial charge in [-0.1, -0.05) is 12.1 Å². The number of carboxylic acids is 1. The van der Waals surface area contributed by atoms with Crippen molar-refractivity contribution in [3.05, 3.63) is 58.8 Å². The van der Waals surface area contributed by atoms with Gasteiger partial charge in [-0.3, -0.25) is 0 Å². The molecule has 4 heteroatoms. The molecule has 0 saturated heterocycles. The fraction of sp³-hybridized carbons (Fsp3) is 0.250. The van der Waals surface area contributed by atoms with E-state index in [9.17, 15) is 4.79 Å². The van der Waals surface area contributed by atoms with Crippen LogP contribution in [0, 0.1) is 13.8 Å². The van der Waals surface area contributed by atoms with Gasteiger partial charge in [-0.15, -0.1) is 0 Å². The maximum atomic E-state index is 10.8. The minimum atomic E-state index is -0.909. The number of rotatable bonds is 4. The van der Waals surface area contributed by atoms with Gasteiger partial charge in [0, 0.05) is 12.2 Å². The molecule has 0 aliphatic heterocycles. The van der Waals surface area contributed by atoms with E-state index in [1.54, 1.807) is 18.3 Å². The summed E-state index contributed by atoms with van der Waals surface area (Å²) in [4.78, 5) is 15.2. The van der Waals surface area contributed by atoms with Crippen LogP contribution < -0.4 is 5.32 Å². The Morgan fingerprint density at radius 3 is 2.45 bits per heavy atom. The maximum absolute atomic E-state index is 10.8. The van der Waals surface area contributed by atoms with Gasteiger partial charge in [0.15, 0.2) is 0 Å². The Morgan fingerprint density at radius 1 is 1.20 bits per heavy atom. The van der Waals surface area contributed by atoms with Crippen molar-refractivity contribution in [1.29, 1.82) is 0 Å². The van der Waals surface area contributed by atoms with Gasteiger partial charge in [-0.25, -0.2) is 9.78 Å². The molecule has 0 aliphatic carbocycles. The summed E-state index contributed by atoms with van der Waals surface area (Å²) < 4.78 is 0. The van der Waals surface area contributed by atoms with E-state index in [4.69, 9.17) is 5.11 Å². The molecule has 0 aliphatic rings. The number of carboxylic acid groups (broad SMARTS) is 1. The molecule has 2 rings (SSSR count). The largest absolute Gasteiger partial charge is 0.478 e. The predicted molar refractivity (Wildman–Crippen MR) is 79.2 cm³/mol. The lowest BCUT2D eigenvalue weighted by molar-refractivity contribution is 0.0697. The Kier molecular flexibility index (Phi) is 4.03. The minimum absolute atomic E-state index is 0.0610. The number of benzene rings is 1. The topological polar surface area (TPSA) is 62.2 Å². The van der Waals surface area contributed by atoms with Crippen LogP contribution in [0.5, 0.6) is 0 Å². The SMILES string of the molecule is Cc1ccnc(NC(C)c2ccc(C(=O)O)cc2)c1C. The van der Waals surface area contributed by atoms with Crippen LogP contribution in [0.15, 0.2) is 36.5 Å². The van der Waals surface area contributed by atoms with Gasteiger partial charge in [0.25, 0.3) is 0 Å². The quantitative estimate of drug-likeness (QED) is 0.891. The summed E-state index contributed by atoms with van der Waals surface area (Å²) >= 11 is 0. The molecule has 0 bridgehead atoms. The molecule has 1 atom stereocenters. The fourth-order valence-corrected chi connectivity index (χ4v) is 1.98. The lowest BCUT2D eigenvalue weighted by atomic mass is 10.1. The summed E-state index contributed by atoms with van der Waals surface area (Å²) in [6.07, 6.45) is 1.78. The first-order valence-corrected chi connectivity index (χ1v) is 6.51. The first kappa shape index (κ1) is 14.1. The predicted octanol–water partition coefficient (Wildman–Crippen LogP) is 3.57. The Morgan fingerprint density at radius 2 is 1.85 bits per heavy atom. The average Bonchev–Trinajstić information content (AvgIpc) is 2.44. The molecule has 4 nitrogen and oxygen atoms in total. The molecule has 0 amide bonds. The maximum Gasteiger partial charge on any atom is 0.335 e. The van der Waals surface area contributed by atoms with Crippen molar-refractivity contribution in [2.45, 2.75) is 26.8 Å². The van der Waals surface area contributed by atoms with E-state index in [0.29, 0.717) is 5.56 Å². The highest BCUT2D eigenvalue weighted by atomic mass is 16.4. The average molecular weight is 270 g/mol. The van der Waals surface area contributed by atoms with Gasteiger partial charge in [0.2, 0.25) is 0 Å². The van der Waals surface area contributed by atoms with Crippen LogP contribution in [0.4, 0.5) is 5.82 Å². The van der Waals surface area contributed by atoms with E-state index < -0.39 is 5.97 Å². The Hall–Kier alpha value is -2.36. The number of anilines is 1. The van der Waals surface area contributed by atoms with Gasteiger partial charge in [0.1, 0.15) is 5.82 Å². The van der Waals surface area contributed by atoms with E-state index in [-0.39, 0.29) is 6.04 Å². The Labute approximate surface area is 118 Å². The summed E-state index contributed by atoms with van der Waals surface area (Å²) in [7, 11) is 0. The lowest BCUT2D eigenvalue weighted by Gasteiger charge is -2.17. The van der Waals surface area contributed by atoms with Crippen molar-refractivity contribution in [3.63, 3.8) is 0 Å². The van der Waals surface area contributed by atoms with Crippen molar-refractivity contribution in [2.75, 3.05) is 5.32 Å². The molecule has 0 fully saturated rings. The summed E-state index contributed by atoms with van der Waals surface area (Å²) in [6, 6.07) is 8.93. The molecule has 104 valence electrons. The number of aromatic carboxylic acids is 1. The van der Waals surface area contributed by atoms with Crippen LogP contribution >= 0.6 is 0 Å². The molecule has 1 heterocycles. The smallest absolute Gasteiger partial charge is 0.335 e. The molecule has 20 heavy (non-hydrogen) atoms. The zero-order chi connectivity index (χ0) is 14.7. The van der Waals surface area contributed by atoms with Crippen LogP contribution in [0.3, 0.4) is 0 Å². The van der Waals surface area contributed by atoms with Crippen molar-refractivity contribution in [1.82, 2.24) is 4.98 Å². The van der Waals surface area contributed by atoms with Crippen LogP contribution in [0.25, 0.3) is 0 Å². The fourth-order valence-electron chi connectivity index (χ4n) is 1.98. The van der Waals surface area contributed by atoms with Crippen molar-refractivity contribution >= 4 is 11.8 Å². The van der Waals surface area contributed by atoms with Crippen LogP contribution in [0.1, 0.15) is 40.0 Å². The van der Waals surface area contributed by atoms with Gasteiger partial charge in [0.05, 0.1) is 5.56 Å². The van der Waals surface area contributed by atoms with Crippen LogP contribution in [-0.2, 0) is 0 Å². The third kappa shape index (κ3) is 2.96. The molecule has 1 aromatic heterocycles. The van der Waals surface area contributed by atoms with E-state index >= 15 is 0 Å². The van der Waals surface area contributed by atoms with Crippen molar-refractivity contribution in [2.24, 2.45) is 0 Å². The third-order valence-electron chi connectivity index (χ3n) is 3.49. The second-order valence-electron chi connectivity index (χ2n) is 4.89. The molecular weight excluding hydrogens is 252 g/mol. The summed E-state index contributed by atoms with van der Waals surface area (Å²) in [6.45, 7) is 6.11. The highest BCUT2D eigenvalue weighted by Crippen LogP contribution is 2.22. The number of carbonyl (C=O) groups is 1. The molecule has 0 saturated carbocycles. The number of nitrogens with zero attached hydrogens (tertiary/aromatic N) is 1. The van der Waals surface area contributed by atoms with Gasteiger partial charge >= 0.3 is 5.97 Å². The first-order valence-electron chi connectivity index (χ1n) is 6.51. The molecule has 2 aromatic rings. The zero-order valence-electron chi connectivity index (χ0n) is 11.8. The standard InChI is InChI=1S/C16H18N2O2/c1-10-8-9-17-15(11(10)2)18-12(3)13-4-6-14(7-5-13)16(19)20/h4-9,12H,1-3H3,(H,17,18)(H,19,20). The number of aromatic nitrogens is 1. The van der Waals surface area contributed by atoms with Gasteiger partial charge in [-0.05, 0) is 55.7 Å². The molecular formula is C16H18N2O2. The van der Waals surface area contributed by atoms with Crippen LogP contribution in [0.2, 0.25) is 0 Å². The second-order valence-corrected chi connectivity index (χ2v) is 4.89. The number of hydrogen-bond acceptors (Lipinski definition) is 3.